The smallest absolute Gasteiger partial charge is 0.308 e. The summed E-state index contributed by atoms with van der Waals surface area (Å²) in [7, 11) is 0. The third-order valence-electron chi connectivity index (χ3n) is 3.64. The van der Waals surface area contributed by atoms with Crippen LogP contribution in [0.25, 0.3) is 0 Å². The molecule has 0 aliphatic carbocycles. The lowest BCUT2D eigenvalue weighted by molar-refractivity contribution is -0.145. The Hall–Kier alpha value is -1.55. The van der Waals surface area contributed by atoms with Crippen LogP contribution < -0.4 is 0 Å². The number of amides is 1. The normalized spacial score (nSPS) is 18.9. The fourth-order valence-electron chi connectivity index (χ4n) is 2.51. The molecule has 20 heavy (non-hydrogen) atoms. The average Bonchev–Trinajstić information content (AvgIpc) is 2.45. The van der Waals surface area contributed by atoms with Gasteiger partial charge in [0.1, 0.15) is 0 Å². The molecular weight excluding hydrogens is 278 g/mol. The summed E-state index contributed by atoms with van der Waals surface area (Å²) in [5, 5.41) is 9.69. The molecule has 1 aromatic rings. The maximum absolute atomic E-state index is 12.1. The number of nitrogens with zero attached hydrogens (tertiary/aromatic N) is 1. The molecule has 108 valence electrons. The second-order valence-corrected chi connectivity index (χ2v) is 5.58. The van der Waals surface area contributed by atoms with Crippen molar-refractivity contribution in [1.82, 2.24) is 4.90 Å². The van der Waals surface area contributed by atoms with Crippen molar-refractivity contribution in [2.75, 3.05) is 13.1 Å². The number of carbonyl (C=O) groups is 2. The second kappa shape index (κ2) is 6.75. The van der Waals surface area contributed by atoms with Gasteiger partial charge in [-0.15, -0.1) is 0 Å². The van der Waals surface area contributed by atoms with Crippen LogP contribution in [0, 0.1) is 5.92 Å². The number of carboxylic acids is 1. The number of hydrogen-bond donors (Lipinski definition) is 1. The number of carboxylic acid groups (broad SMARTS) is 1. The number of aliphatic carboxylic acids is 1. The van der Waals surface area contributed by atoms with Gasteiger partial charge in [0.2, 0.25) is 5.91 Å². The van der Waals surface area contributed by atoms with Crippen molar-refractivity contribution in [3.8, 4) is 0 Å². The van der Waals surface area contributed by atoms with Gasteiger partial charge in [-0.1, -0.05) is 23.7 Å². The van der Waals surface area contributed by atoms with E-state index in [0.717, 1.165) is 12.0 Å². The Balaban J connectivity index is 1.87. The molecule has 0 saturated carbocycles. The number of rotatable bonds is 4. The highest BCUT2D eigenvalue weighted by Crippen LogP contribution is 2.18. The molecule has 4 nitrogen and oxygen atoms in total. The van der Waals surface area contributed by atoms with Crippen LogP contribution in [0.4, 0.5) is 0 Å². The van der Waals surface area contributed by atoms with Crippen molar-refractivity contribution in [2.24, 2.45) is 5.92 Å². The number of piperidine rings is 1. The minimum absolute atomic E-state index is 0.0240. The van der Waals surface area contributed by atoms with Crippen LogP contribution in [-0.4, -0.2) is 35.0 Å². The monoisotopic (exact) mass is 295 g/mol. The first-order chi connectivity index (χ1) is 9.56. The number of likely N-dealkylation sites (tertiary alicyclic amines) is 1. The van der Waals surface area contributed by atoms with Crippen LogP contribution in [-0.2, 0) is 16.0 Å². The molecule has 1 atom stereocenters. The molecule has 1 fully saturated rings. The van der Waals surface area contributed by atoms with Gasteiger partial charge in [0.15, 0.2) is 0 Å². The first-order valence-electron chi connectivity index (χ1n) is 6.81. The quantitative estimate of drug-likeness (QED) is 0.929. The molecule has 2 rings (SSSR count). The van der Waals surface area contributed by atoms with Crippen molar-refractivity contribution in [3.05, 3.63) is 34.9 Å². The molecule has 1 N–H and O–H groups in total. The highest BCUT2D eigenvalue weighted by atomic mass is 35.5. The van der Waals surface area contributed by atoms with Gasteiger partial charge in [-0.05, 0) is 37.0 Å². The molecule has 0 spiro atoms. The van der Waals surface area contributed by atoms with Crippen LogP contribution in [0.5, 0.6) is 0 Å². The van der Waals surface area contributed by atoms with Crippen molar-refractivity contribution in [3.63, 3.8) is 0 Å². The van der Waals surface area contributed by atoms with Crippen LogP contribution in [0.3, 0.4) is 0 Å². The Bertz CT molecular complexity index is 504. The fourth-order valence-corrected chi connectivity index (χ4v) is 2.72. The Kier molecular flexibility index (Phi) is 5.01. The minimum Gasteiger partial charge on any atom is -0.481 e. The minimum atomic E-state index is -0.808. The Morgan fingerprint density at radius 3 is 2.90 bits per heavy atom. The van der Waals surface area contributed by atoms with Gasteiger partial charge in [0, 0.05) is 24.5 Å². The number of halogens is 1. The van der Waals surface area contributed by atoms with E-state index in [-0.39, 0.29) is 5.91 Å². The zero-order chi connectivity index (χ0) is 14.5. The zero-order valence-electron chi connectivity index (χ0n) is 11.2. The molecule has 1 aliphatic heterocycles. The van der Waals surface area contributed by atoms with E-state index < -0.39 is 11.9 Å². The van der Waals surface area contributed by atoms with Gasteiger partial charge in [0.05, 0.1) is 5.92 Å². The topological polar surface area (TPSA) is 57.6 Å². The van der Waals surface area contributed by atoms with Crippen LogP contribution >= 0.6 is 11.6 Å². The van der Waals surface area contributed by atoms with E-state index in [0.29, 0.717) is 37.4 Å². The summed E-state index contributed by atoms with van der Waals surface area (Å²) >= 11 is 5.90. The third-order valence-corrected chi connectivity index (χ3v) is 3.88. The van der Waals surface area contributed by atoms with Gasteiger partial charge >= 0.3 is 5.97 Å². The first kappa shape index (κ1) is 14.9. The fraction of sp³-hybridized carbons (Fsp3) is 0.467. The predicted molar refractivity (Wildman–Crippen MR) is 76.7 cm³/mol. The van der Waals surface area contributed by atoms with Crippen molar-refractivity contribution in [2.45, 2.75) is 25.7 Å². The lowest BCUT2D eigenvalue weighted by Crippen LogP contribution is -2.42. The van der Waals surface area contributed by atoms with E-state index in [1.807, 2.05) is 18.2 Å². The summed E-state index contributed by atoms with van der Waals surface area (Å²) in [4.78, 5) is 24.8. The number of carbonyl (C=O) groups excluding carboxylic acids is 1. The maximum Gasteiger partial charge on any atom is 0.308 e. The number of benzene rings is 1. The summed E-state index contributed by atoms with van der Waals surface area (Å²) in [6.45, 7) is 1.00. The molecule has 0 unspecified atom stereocenters. The summed E-state index contributed by atoms with van der Waals surface area (Å²) in [6.07, 6.45) is 2.45. The Morgan fingerprint density at radius 2 is 2.20 bits per heavy atom. The standard InChI is InChI=1S/C15H18ClNO3/c16-13-5-1-3-11(9-13)6-7-14(18)17-8-2-4-12(10-17)15(19)20/h1,3,5,9,12H,2,4,6-8,10H2,(H,19,20)/t12-/m0/s1. The molecule has 0 aromatic heterocycles. The molecule has 0 radical (unpaired) electrons. The molecule has 1 amide bonds. The van der Waals surface area contributed by atoms with E-state index in [1.165, 1.54) is 0 Å². The van der Waals surface area contributed by atoms with Crippen molar-refractivity contribution < 1.29 is 14.7 Å². The summed E-state index contributed by atoms with van der Waals surface area (Å²) in [5.74, 6) is -1.20. The molecule has 1 aliphatic rings. The second-order valence-electron chi connectivity index (χ2n) is 5.15. The van der Waals surface area contributed by atoms with Gasteiger partial charge in [-0.25, -0.2) is 0 Å². The highest BCUT2D eigenvalue weighted by Gasteiger charge is 2.27. The van der Waals surface area contributed by atoms with Crippen molar-refractivity contribution >= 4 is 23.5 Å². The summed E-state index contributed by atoms with van der Waals surface area (Å²) < 4.78 is 0. The largest absolute Gasteiger partial charge is 0.481 e. The van der Waals surface area contributed by atoms with E-state index in [4.69, 9.17) is 16.7 Å². The molecule has 1 aromatic carbocycles. The van der Waals surface area contributed by atoms with E-state index in [2.05, 4.69) is 0 Å². The van der Waals surface area contributed by atoms with Crippen LogP contribution in [0.15, 0.2) is 24.3 Å². The molecule has 1 heterocycles. The summed E-state index contributed by atoms with van der Waals surface area (Å²) in [6, 6.07) is 7.46. The molecule has 0 bridgehead atoms. The lowest BCUT2D eigenvalue weighted by atomic mass is 9.97. The molecule has 5 heteroatoms. The third kappa shape index (κ3) is 3.97. The van der Waals surface area contributed by atoms with E-state index >= 15 is 0 Å². The van der Waals surface area contributed by atoms with Crippen molar-refractivity contribution in [1.29, 1.82) is 0 Å². The van der Waals surface area contributed by atoms with Gasteiger partial charge in [-0.2, -0.15) is 0 Å². The first-order valence-corrected chi connectivity index (χ1v) is 7.19. The predicted octanol–water partition coefficient (Wildman–Crippen LogP) is 2.60. The van der Waals surface area contributed by atoms with Gasteiger partial charge < -0.3 is 10.0 Å². The SMILES string of the molecule is O=C(O)[C@H]1CCCN(C(=O)CCc2cccc(Cl)c2)C1. The average molecular weight is 296 g/mol. The van der Waals surface area contributed by atoms with E-state index in [9.17, 15) is 9.59 Å². The Morgan fingerprint density at radius 1 is 1.40 bits per heavy atom. The molecule has 1 saturated heterocycles. The van der Waals surface area contributed by atoms with Gasteiger partial charge in [-0.3, -0.25) is 9.59 Å². The van der Waals surface area contributed by atoms with E-state index in [1.54, 1.807) is 11.0 Å². The number of hydrogen-bond acceptors (Lipinski definition) is 2. The lowest BCUT2D eigenvalue weighted by Gasteiger charge is -2.30. The maximum atomic E-state index is 12.1. The summed E-state index contributed by atoms with van der Waals surface area (Å²) in [5.41, 5.74) is 1.03. The number of aryl methyl sites for hydroxylation is 1. The molecular formula is C15H18ClNO3. The Labute approximate surface area is 123 Å². The van der Waals surface area contributed by atoms with Gasteiger partial charge in [0.25, 0.3) is 0 Å². The van der Waals surface area contributed by atoms with Crippen LogP contribution in [0.2, 0.25) is 5.02 Å². The van der Waals surface area contributed by atoms with Crippen LogP contribution in [0.1, 0.15) is 24.8 Å². The highest BCUT2D eigenvalue weighted by molar-refractivity contribution is 6.30. The zero-order valence-corrected chi connectivity index (χ0v) is 12.0.